The van der Waals surface area contributed by atoms with Crippen LogP contribution in [-0.4, -0.2) is 17.8 Å². The van der Waals surface area contributed by atoms with Crippen LogP contribution in [0.1, 0.15) is 70.6 Å². The summed E-state index contributed by atoms with van der Waals surface area (Å²) in [7, 11) is 0. The van der Waals surface area contributed by atoms with Crippen molar-refractivity contribution in [2.45, 2.75) is 71.9 Å². The van der Waals surface area contributed by atoms with E-state index in [1.54, 1.807) is 0 Å². The minimum Gasteiger partial charge on any atom is -0.364 e. The largest absolute Gasteiger partial charge is 0.364 e. The molecule has 2 aromatic rings. The van der Waals surface area contributed by atoms with Gasteiger partial charge < -0.3 is 4.90 Å². The maximum Gasteiger partial charge on any atom is 0.0630 e. The quantitative estimate of drug-likeness (QED) is 0.576. The Bertz CT molecular complexity index is 784. The fraction of sp³-hybridized carbons (Fsp3) is 0.458. The van der Waals surface area contributed by atoms with Crippen LogP contribution in [0.25, 0.3) is 0 Å². The van der Waals surface area contributed by atoms with Gasteiger partial charge in [0.05, 0.1) is 5.69 Å². The van der Waals surface area contributed by atoms with E-state index in [-0.39, 0.29) is 5.54 Å². The van der Waals surface area contributed by atoms with E-state index in [0.717, 1.165) is 12.1 Å². The van der Waals surface area contributed by atoms with Crippen LogP contribution in [0.5, 0.6) is 0 Å². The highest BCUT2D eigenvalue weighted by Crippen LogP contribution is 2.44. The molecule has 0 radical (unpaired) electrons. The Balaban J connectivity index is 1.90. The molecule has 1 heterocycles. The number of anilines is 1. The van der Waals surface area contributed by atoms with Crippen LogP contribution in [-0.2, 0) is 6.42 Å². The Morgan fingerprint density at radius 2 is 1.85 bits per heavy atom. The van der Waals surface area contributed by atoms with Gasteiger partial charge in [0.25, 0.3) is 0 Å². The highest BCUT2D eigenvalue weighted by Gasteiger charge is 2.37. The topological polar surface area (TPSA) is 15.6 Å². The van der Waals surface area contributed by atoms with E-state index in [1.807, 2.05) is 6.21 Å². The number of hydrogen-bond donors (Lipinski definition) is 0. The number of rotatable bonds is 4. The predicted octanol–water partition coefficient (Wildman–Crippen LogP) is 6.50. The maximum atomic E-state index is 4.67. The molecular formula is C24H32N2. The zero-order valence-electron chi connectivity index (χ0n) is 17.1. The molecule has 0 spiro atoms. The minimum atomic E-state index is 0.192. The third kappa shape index (κ3) is 3.70. The van der Waals surface area contributed by atoms with Crippen LogP contribution in [0.3, 0.4) is 0 Å². The average Bonchev–Trinajstić information content (AvgIpc) is 2.59. The standard InChI is InChI=1S/C24H32N2/c1-7-19-8-11-21(12-9-19)25-16-20-10-13-23-22(14-20)18(4)15-24(5,6)26(23)17(2)3/h8-14,16-18H,7,15H2,1-6H3/t18-/m1/s1. The number of hydrogen-bond acceptors (Lipinski definition) is 2. The van der Waals surface area contributed by atoms with E-state index in [1.165, 1.54) is 28.8 Å². The Labute approximate surface area is 159 Å². The molecule has 0 aromatic heterocycles. The van der Waals surface area contributed by atoms with Gasteiger partial charge >= 0.3 is 0 Å². The second-order valence-electron chi connectivity index (χ2n) is 8.48. The van der Waals surface area contributed by atoms with Crippen molar-refractivity contribution in [1.82, 2.24) is 0 Å². The van der Waals surface area contributed by atoms with E-state index < -0.39 is 0 Å². The molecule has 1 aliphatic heterocycles. The molecule has 1 aliphatic rings. The highest BCUT2D eigenvalue weighted by atomic mass is 15.2. The summed E-state index contributed by atoms with van der Waals surface area (Å²) in [5, 5.41) is 0. The Morgan fingerprint density at radius 3 is 2.46 bits per heavy atom. The molecule has 2 heteroatoms. The number of aliphatic imine (C=N–C) groups is 1. The monoisotopic (exact) mass is 348 g/mol. The normalized spacial score (nSPS) is 19.2. The second-order valence-corrected chi connectivity index (χ2v) is 8.48. The van der Waals surface area contributed by atoms with Crippen molar-refractivity contribution in [3.63, 3.8) is 0 Å². The minimum absolute atomic E-state index is 0.192. The van der Waals surface area contributed by atoms with Gasteiger partial charge in [0.2, 0.25) is 0 Å². The van der Waals surface area contributed by atoms with Crippen molar-refractivity contribution in [3.05, 3.63) is 59.2 Å². The van der Waals surface area contributed by atoms with Gasteiger partial charge in [-0.05, 0) is 87.4 Å². The Hall–Kier alpha value is -2.09. The van der Waals surface area contributed by atoms with Crippen LogP contribution in [0.4, 0.5) is 11.4 Å². The summed E-state index contributed by atoms with van der Waals surface area (Å²) in [5.74, 6) is 0.562. The lowest BCUT2D eigenvalue weighted by Gasteiger charge is -2.50. The van der Waals surface area contributed by atoms with Gasteiger partial charge in [-0.25, -0.2) is 0 Å². The zero-order valence-corrected chi connectivity index (χ0v) is 17.1. The second kappa shape index (κ2) is 7.26. The molecule has 0 saturated heterocycles. The molecule has 0 aliphatic carbocycles. The number of aryl methyl sites for hydroxylation is 1. The summed E-state index contributed by atoms with van der Waals surface area (Å²) in [6, 6.07) is 15.8. The maximum absolute atomic E-state index is 4.67. The molecule has 138 valence electrons. The Kier molecular flexibility index (Phi) is 5.22. The first-order chi connectivity index (χ1) is 12.3. The number of fused-ring (bicyclic) bond motifs is 1. The van der Waals surface area contributed by atoms with Crippen LogP contribution >= 0.6 is 0 Å². The molecule has 0 amide bonds. The van der Waals surface area contributed by atoms with Crippen LogP contribution < -0.4 is 4.90 Å². The number of benzene rings is 2. The smallest absolute Gasteiger partial charge is 0.0630 e. The van der Waals surface area contributed by atoms with Gasteiger partial charge in [-0.2, -0.15) is 0 Å². The third-order valence-corrected chi connectivity index (χ3v) is 5.52. The summed E-state index contributed by atoms with van der Waals surface area (Å²) in [6.45, 7) is 13.8. The first-order valence-corrected chi connectivity index (χ1v) is 9.88. The zero-order chi connectivity index (χ0) is 18.9. The fourth-order valence-corrected chi connectivity index (χ4v) is 4.50. The van der Waals surface area contributed by atoms with Crippen LogP contribution in [0, 0.1) is 0 Å². The van der Waals surface area contributed by atoms with Gasteiger partial charge in [-0.1, -0.05) is 32.0 Å². The molecule has 2 nitrogen and oxygen atoms in total. The molecule has 0 saturated carbocycles. The lowest BCUT2D eigenvalue weighted by atomic mass is 9.79. The SMILES string of the molecule is CCc1ccc(N=Cc2ccc3c(c2)[C@H](C)CC(C)(C)N3C(C)C)cc1. The molecule has 26 heavy (non-hydrogen) atoms. The van der Waals surface area contributed by atoms with Gasteiger partial charge in [0, 0.05) is 23.5 Å². The summed E-state index contributed by atoms with van der Waals surface area (Å²) >= 11 is 0. The summed E-state index contributed by atoms with van der Waals surface area (Å²) in [6.07, 6.45) is 4.24. The van der Waals surface area contributed by atoms with E-state index in [0.29, 0.717) is 12.0 Å². The van der Waals surface area contributed by atoms with Gasteiger partial charge in [0.15, 0.2) is 0 Å². The molecule has 0 fully saturated rings. The van der Waals surface area contributed by atoms with E-state index in [2.05, 4.69) is 93.9 Å². The molecule has 0 unspecified atom stereocenters. The van der Waals surface area contributed by atoms with Gasteiger partial charge in [-0.3, -0.25) is 4.99 Å². The van der Waals surface area contributed by atoms with E-state index in [9.17, 15) is 0 Å². The van der Waals surface area contributed by atoms with Crippen molar-refractivity contribution >= 4 is 17.6 Å². The van der Waals surface area contributed by atoms with Crippen LogP contribution in [0.2, 0.25) is 0 Å². The first-order valence-electron chi connectivity index (χ1n) is 9.88. The fourth-order valence-electron chi connectivity index (χ4n) is 4.50. The van der Waals surface area contributed by atoms with Crippen molar-refractivity contribution in [2.75, 3.05) is 4.90 Å². The van der Waals surface area contributed by atoms with Crippen molar-refractivity contribution in [2.24, 2.45) is 4.99 Å². The number of nitrogens with zero attached hydrogens (tertiary/aromatic N) is 2. The van der Waals surface area contributed by atoms with Gasteiger partial charge in [-0.15, -0.1) is 0 Å². The van der Waals surface area contributed by atoms with Crippen molar-refractivity contribution < 1.29 is 0 Å². The summed E-state index contributed by atoms with van der Waals surface area (Å²) < 4.78 is 0. The predicted molar refractivity (Wildman–Crippen MR) is 114 cm³/mol. The van der Waals surface area contributed by atoms with Crippen molar-refractivity contribution in [1.29, 1.82) is 0 Å². The highest BCUT2D eigenvalue weighted by molar-refractivity contribution is 5.83. The van der Waals surface area contributed by atoms with Crippen molar-refractivity contribution in [3.8, 4) is 0 Å². The molecule has 1 atom stereocenters. The molecule has 3 rings (SSSR count). The summed E-state index contributed by atoms with van der Waals surface area (Å²) in [5.41, 5.74) is 6.56. The molecule has 0 bridgehead atoms. The molecular weight excluding hydrogens is 316 g/mol. The molecule has 0 N–H and O–H groups in total. The Morgan fingerprint density at radius 1 is 1.15 bits per heavy atom. The van der Waals surface area contributed by atoms with Gasteiger partial charge in [0.1, 0.15) is 0 Å². The lowest BCUT2D eigenvalue weighted by Crippen LogP contribution is -2.51. The van der Waals surface area contributed by atoms with E-state index >= 15 is 0 Å². The summed E-state index contributed by atoms with van der Waals surface area (Å²) in [4.78, 5) is 7.25. The van der Waals surface area contributed by atoms with Crippen LogP contribution in [0.15, 0.2) is 47.5 Å². The third-order valence-electron chi connectivity index (χ3n) is 5.52. The lowest BCUT2D eigenvalue weighted by molar-refractivity contribution is 0.356. The average molecular weight is 349 g/mol. The first kappa shape index (κ1) is 18.7. The molecule has 2 aromatic carbocycles. The van der Waals surface area contributed by atoms with E-state index in [4.69, 9.17) is 0 Å².